The summed E-state index contributed by atoms with van der Waals surface area (Å²) in [6.07, 6.45) is 12.4. The van der Waals surface area contributed by atoms with Crippen LogP contribution in [0.2, 0.25) is 0 Å². The number of allylic oxidation sites excluding steroid dienone is 6. The lowest BCUT2D eigenvalue weighted by Crippen LogP contribution is -2.20. The second kappa shape index (κ2) is 19.7. The topological polar surface area (TPSA) is 4.93 Å². The molecule has 0 amide bonds. The first-order valence-electron chi connectivity index (χ1n) is 22.7. The van der Waals surface area contributed by atoms with E-state index in [0.717, 1.165) is 24.0 Å². The van der Waals surface area contributed by atoms with E-state index in [1.54, 1.807) is 6.08 Å². The molecule has 1 heterocycles. The summed E-state index contributed by atoms with van der Waals surface area (Å²) in [6, 6.07) is 48.0. The Morgan fingerprint density at radius 3 is 1.92 bits per heavy atom. The van der Waals surface area contributed by atoms with E-state index in [2.05, 4.69) is 225 Å². The van der Waals surface area contributed by atoms with E-state index in [1.807, 2.05) is 26.0 Å². The van der Waals surface area contributed by atoms with Gasteiger partial charge in [-0.05, 0) is 126 Å². The van der Waals surface area contributed by atoms with E-state index in [9.17, 15) is 0 Å². The zero-order valence-corrected chi connectivity index (χ0v) is 39.6. The Morgan fingerprint density at radius 2 is 1.27 bits per heavy atom. The van der Waals surface area contributed by atoms with Crippen LogP contribution >= 0.6 is 0 Å². The third kappa shape index (κ3) is 9.35. The smallest absolute Gasteiger partial charge is 0.0540 e. The lowest BCUT2D eigenvalue weighted by molar-refractivity contribution is 0.660. The molecule has 6 aromatic carbocycles. The van der Waals surface area contributed by atoms with Gasteiger partial charge >= 0.3 is 0 Å². The Hall–Kier alpha value is -6.44. The van der Waals surface area contributed by atoms with E-state index >= 15 is 0 Å². The van der Waals surface area contributed by atoms with Crippen molar-refractivity contribution in [2.24, 2.45) is 0 Å². The Balaban J connectivity index is 0.000000177. The number of rotatable bonds is 7. The number of nitrogens with zero attached hydrogens (tertiary/aromatic N) is 1. The summed E-state index contributed by atoms with van der Waals surface area (Å²) in [5.41, 5.74) is 22.3. The molecule has 0 fully saturated rings. The third-order valence-corrected chi connectivity index (χ3v) is 12.9. The summed E-state index contributed by atoms with van der Waals surface area (Å²) in [5.74, 6) is 0. The largest absolute Gasteiger partial charge is 0.310 e. The molecule has 9 rings (SSSR count). The van der Waals surface area contributed by atoms with Gasteiger partial charge in [0.2, 0.25) is 0 Å². The van der Waals surface area contributed by atoms with Crippen molar-refractivity contribution in [2.75, 3.05) is 0 Å². The Morgan fingerprint density at radius 1 is 0.667 bits per heavy atom. The Labute approximate surface area is 379 Å². The number of hydrogen-bond acceptors (Lipinski definition) is 0. The molecule has 0 saturated carbocycles. The normalized spacial score (nSPS) is 13.1. The Kier molecular flexibility index (Phi) is 14.4. The number of aryl methyl sites for hydroxylation is 5. The van der Waals surface area contributed by atoms with Crippen molar-refractivity contribution in [3.05, 3.63) is 239 Å². The molecule has 1 heteroatoms. The lowest BCUT2D eigenvalue weighted by Gasteiger charge is -2.30. The summed E-state index contributed by atoms with van der Waals surface area (Å²) in [7, 11) is 0. The van der Waals surface area contributed by atoms with Crippen molar-refractivity contribution in [2.45, 2.75) is 92.9 Å². The van der Waals surface area contributed by atoms with Gasteiger partial charge in [0, 0.05) is 27.6 Å². The summed E-state index contributed by atoms with van der Waals surface area (Å²) in [6.45, 7) is 33.9. The van der Waals surface area contributed by atoms with Gasteiger partial charge in [-0.25, -0.2) is 0 Å². The highest BCUT2D eigenvalue weighted by Gasteiger charge is 2.35. The van der Waals surface area contributed by atoms with Gasteiger partial charge < -0.3 is 4.57 Å². The van der Waals surface area contributed by atoms with Crippen LogP contribution in [0.1, 0.15) is 109 Å². The van der Waals surface area contributed by atoms with Gasteiger partial charge in [0.1, 0.15) is 0 Å². The van der Waals surface area contributed by atoms with Crippen molar-refractivity contribution in [3.63, 3.8) is 0 Å². The quantitative estimate of drug-likeness (QED) is 0.141. The molecule has 320 valence electrons. The average molecular weight is 826 g/mol. The first-order chi connectivity index (χ1) is 30.3. The summed E-state index contributed by atoms with van der Waals surface area (Å²) in [5, 5.41) is 1.41. The summed E-state index contributed by atoms with van der Waals surface area (Å²) >= 11 is 0. The van der Waals surface area contributed by atoms with E-state index in [4.69, 9.17) is 0 Å². The molecular weight excluding hydrogens is 759 g/mol. The minimum atomic E-state index is -0.164. The van der Waals surface area contributed by atoms with Gasteiger partial charge in [0.05, 0.1) is 5.52 Å². The first kappa shape index (κ1) is 46.1. The SMILES string of the molecule is C=C(c1ccccc1)C(C)(C)c1ccc2c(c1C)c1c(n2-c2ccc(C)cc2)C=CCC1.C=C/C=C(\C=C)c1ccc(C)cc1.CC.Cc1ccc2c(c1)C(C)(C)c1ccccc1-2. The summed E-state index contributed by atoms with van der Waals surface area (Å²) < 4.78 is 2.44. The zero-order chi connectivity index (χ0) is 45.5. The Bertz CT molecular complexity index is 2790. The molecule has 0 N–H and O–H groups in total. The molecule has 63 heavy (non-hydrogen) atoms. The highest BCUT2D eigenvalue weighted by molar-refractivity contribution is 5.95. The third-order valence-electron chi connectivity index (χ3n) is 12.9. The molecule has 0 unspecified atom stereocenters. The predicted octanol–water partition coefficient (Wildman–Crippen LogP) is 17.3. The van der Waals surface area contributed by atoms with Gasteiger partial charge in [-0.15, -0.1) is 0 Å². The second-order valence-corrected chi connectivity index (χ2v) is 17.7. The highest BCUT2D eigenvalue weighted by Crippen LogP contribution is 2.49. The average Bonchev–Trinajstić information content (AvgIpc) is 3.76. The van der Waals surface area contributed by atoms with Crippen LogP contribution in [0.4, 0.5) is 0 Å². The zero-order valence-electron chi connectivity index (χ0n) is 39.6. The molecule has 0 aliphatic heterocycles. The van der Waals surface area contributed by atoms with Crippen LogP contribution in [0.25, 0.3) is 44.9 Å². The minimum absolute atomic E-state index is 0.151. The van der Waals surface area contributed by atoms with Crippen molar-refractivity contribution >= 4 is 28.1 Å². The second-order valence-electron chi connectivity index (χ2n) is 17.7. The van der Waals surface area contributed by atoms with E-state index in [-0.39, 0.29) is 10.8 Å². The molecular formula is C62H67N. The van der Waals surface area contributed by atoms with Crippen molar-refractivity contribution in [1.82, 2.24) is 4.57 Å². The number of aromatic nitrogens is 1. The van der Waals surface area contributed by atoms with Crippen LogP contribution in [0, 0.1) is 27.7 Å². The minimum Gasteiger partial charge on any atom is -0.310 e. The number of hydrogen-bond donors (Lipinski definition) is 0. The van der Waals surface area contributed by atoms with E-state index < -0.39 is 0 Å². The number of benzene rings is 6. The molecule has 0 spiro atoms. The summed E-state index contributed by atoms with van der Waals surface area (Å²) in [4.78, 5) is 0. The lowest BCUT2D eigenvalue weighted by atomic mass is 9.73. The van der Waals surface area contributed by atoms with Gasteiger partial charge in [-0.3, -0.25) is 0 Å². The van der Waals surface area contributed by atoms with Crippen LogP contribution < -0.4 is 0 Å². The number of fused-ring (bicyclic) bond motifs is 6. The van der Waals surface area contributed by atoms with E-state index in [1.165, 1.54) is 89.0 Å². The van der Waals surface area contributed by atoms with Crippen LogP contribution in [0.3, 0.4) is 0 Å². The molecule has 0 saturated heterocycles. The van der Waals surface area contributed by atoms with Gasteiger partial charge in [-0.2, -0.15) is 0 Å². The maximum Gasteiger partial charge on any atom is 0.0540 e. The van der Waals surface area contributed by atoms with Crippen LogP contribution in [-0.2, 0) is 17.3 Å². The van der Waals surface area contributed by atoms with Crippen molar-refractivity contribution in [1.29, 1.82) is 0 Å². The predicted molar refractivity (Wildman–Crippen MR) is 278 cm³/mol. The molecule has 2 aliphatic rings. The van der Waals surface area contributed by atoms with Crippen molar-refractivity contribution < 1.29 is 0 Å². The van der Waals surface area contributed by atoms with Gasteiger partial charge in [0.25, 0.3) is 0 Å². The standard InChI is InChI=1S/C31H31N.C16H16.C13H14.C2H6/c1-21-15-17-25(18-16-21)32-28-14-10-9-13-26(28)30-22(2)27(19-20-29(30)32)31(4,5)23(3)24-11-7-6-8-12-24;1-11-8-9-13-12-6-4-5-7-14(12)16(2,3)15(13)10-11;1-4-6-12(5-2)13-9-7-11(3)8-10-13;1-2/h6-8,10-12,14-20H,3,9,13H2,1-2,4-5H3;4-10H,1-3H3;4-10H,1-2H2,3H3;1-2H3/b;;12-6+;. The van der Waals surface area contributed by atoms with Crippen LogP contribution in [-0.4, -0.2) is 4.57 Å². The van der Waals surface area contributed by atoms with Gasteiger partial charge in [0.15, 0.2) is 0 Å². The van der Waals surface area contributed by atoms with Crippen LogP contribution in [0.5, 0.6) is 0 Å². The monoisotopic (exact) mass is 826 g/mol. The molecule has 1 nitrogen and oxygen atoms in total. The fraction of sp³-hybridized carbons (Fsp3) is 0.226. The van der Waals surface area contributed by atoms with Crippen molar-refractivity contribution in [3.8, 4) is 16.8 Å². The molecule has 0 bridgehead atoms. The maximum atomic E-state index is 4.53. The highest BCUT2D eigenvalue weighted by atomic mass is 15.0. The van der Waals surface area contributed by atoms with E-state index in [0.29, 0.717) is 0 Å². The fourth-order valence-corrected chi connectivity index (χ4v) is 9.29. The first-order valence-corrected chi connectivity index (χ1v) is 22.7. The molecule has 7 aromatic rings. The molecule has 0 atom stereocenters. The molecule has 1 aromatic heterocycles. The van der Waals surface area contributed by atoms with Gasteiger partial charge in [-0.1, -0.05) is 218 Å². The maximum absolute atomic E-state index is 4.53. The van der Waals surface area contributed by atoms with Crippen LogP contribution in [0.15, 0.2) is 178 Å². The molecule has 2 aliphatic carbocycles. The fourth-order valence-electron chi connectivity index (χ4n) is 9.29. The molecule has 0 radical (unpaired) electrons.